The van der Waals surface area contributed by atoms with Crippen molar-refractivity contribution in [3.8, 4) is 0 Å². The normalized spacial score (nSPS) is 15.4. The number of nitrogens with one attached hydrogen (secondary N) is 1. The molecule has 0 amide bonds. The van der Waals surface area contributed by atoms with Crippen molar-refractivity contribution in [2.24, 2.45) is 5.92 Å². The monoisotopic (exact) mass is 227 g/mol. The third kappa shape index (κ3) is 8.76. The van der Waals surface area contributed by atoms with Crippen molar-refractivity contribution in [1.82, 2.24) is 5.32 Å². The first kappa shape index (κ1) is 14.8. The number of unbranched alkanes of at least 4 members (excludes halogenated alkanes) is 1. The summed E-state index contributed by atoms with van der Waals surface area (Å²) >= 11 is 4.44. The Morgan fingerprint density at radius 3 is 2.67 bits per heavy atom. The van der Waals surface area contributed by atoms with Gasteiger partial charge in [-0.05, 0) is 18.8 Å². The molecule has 0 heterocycles. The van der Waals surface area contributed by atoms with Crippen molar-refractivity contribution < 1.29 is 0 Å². The van der Waals surface area contributed by atoms with E-state index in [9.17, 15) is 0 Å². The largest absolute Gasteiger partial charge is 0.302 e. The van der Waals surface area contributed by atoms with Crippen LogP contribution in [0.2, 0.25) is 0 Å². The summed E-state index contributed by atoms with van der Waals surface area (Å²) in [5.74, 6) is 0.578. The average molecular weight is 227 g/mol. The second-order valence-corrected chi connectivity index (χ2v) is 4.38. The van der Waals surface area contributed by atoms with Gasteiger partial charge in [0.05, 0.1) is 5.37 Å². The van der Waals surface area contributed by atoms with E-state index in [0.717, 1.165) is 13.0 Å². The lowest BCUT2D eigenvalue weighted by atomic mass is 10.0. The molecule has 0 radical (unpaired) electrons. The molecular weight excluding hydrogens is 202 g/mol. The maximum Gasteiger partial charge on any atom is 0.0689 e. The first-order chi connectivity index (χ1) is 7.24. The highest BCUT2D eigenvalue weighted by atomic mass is 32.1. The highest BCUT2D eigenvalue weighted by Crippen LogP contribution is 2.09. The fourth-order valence-corrected chi connectivity index (χ4v) is 1.60. The van der Waals surface area contributed by atoms with Gasteiger partial charge in [0.2, 0.25) is 0 Å². The maximum atomic E-state index is 4.44. The van der Waals surface area contributed by atoms with Crippen molar-refractivity contribution in [2.75, 3.05) is 6.54 Å². The molecule has 0 spiro atoms. The molecule has 0 bridgehead atoms. The van der Waals surface area contributed by atoms with Crippen LogP contribution in [0.4, 0.5) is 0 Å². The summed E-state index contributed by atoms with van der Waals surface area (Å²) in [4.78, 5) is 0. The smallest absolute Gasteiger partial charge is 0.0689 e. The van der Waals surface area contributed by atoms with E-state index in [1.54, 1.807) is 0 Å². The van der Waals surface area contributed by atoms with Crippen LogP contribution in [0.25, 0.3) is 0 Å². The van der Waals surface area contributed by atoms with Crippen molar-refractivity contribution in [3.63, 3.8) is 0 Å². The lowest BCUT2D eigenvalue weighted by Crippen LogP contribution is -2.27. The molecule has 2 heteroatoms. The van der Waals surface area contributed by atoms with Crippen LogP contribution in [0, 0.1) is 5.92 Å². The van der Waals surface area contributed by atoms with Gasteiger partial charge in [0.15, 0.2) is 0 Å². The zero-order valence-electron chi connectivity index (χ0n) is 10.1. The molecule has 0 aromatic carbocycles. The van der Waals surface area contributed by atoms with Crippen LogP contribution in [0.3, 0.4) is 0 Å². The third-order valence-electron chi connectivity index (χ3n) is 2.41. The topological polar surface area (TPSA) is 12.0 Å². The number of allylic oxidation sites excluding steroid dienone is 1. The molecule has 0 fully saturated rings. The number of hydrogen-bond donors (Lipinski definition) is 2. The minimum absolute atomic E-state index is 0.175. The average Bonchev–Trinajstić information content (AvgIpc) is 2.26. The van der Waals surface area contributed by atoms with E-state index in [1.807, 2.05) is 6.08 Å². The van der Waals surface area contributed by atoms with Gasteiger partial charge >= 0.3 is 0 Å². The highest BCUT2D eigenvalue weighted by molar-refractivity contribution is 7.81. The molecule has 0 aliphatic heterocycles. The van der Waals surface area contributed by atoms with Gasteiger partial charge in [0.25, 0.3) is 0 Å². The van der Waals surface area contributed by atoms with Crippen LogP contribution in [-0.4, -0.2) is 11.9 Å². The fraction of sp³-hybridized carbons (Fsp3) is 0.692. The van der Waals surface area contributed by atoms with Gasteiger partial charge in [0, 0.05) is 6.54 Å². The van der Waals surface area contributed by atoms with Crippen LogP contribution in [0.5, 0.6) is 0 Å². The Balaban J connectivity index is 3.69. The molecular formula is C13H25NS. The van der Waals surface area contributed by atoms with Crippen LogP contribution < -0.4 is 5.32 Å². The molecule has 1 nitrogen and oxygen atoms in total. The summed E-state index contributed by atoms with van der Waals surface area (Å²) in [7, 11) is 0. The molecule has 0 aromatic rings. The van der Waals surface area contributed by atoms with Crippen LogP contribution in [0.15, 0.2) is 24.8 Å². The molecule has 0 saturated carbocycles. The quantitative estimate of drug-likeness (QED) is 0.347. The molecule has 0 saturated heterocycles. The van der Waals surface area contributed by atoms with E-state index < -0.39 is 0 Å². The van der Waals surface area contributed by atoms with Crippen LogP contribution >= 0.6 is 12.6 Å². The zero-order chi connectivity index (χ0) is 11.5. The second kappa shape index (κ2) is 10.3. The molecule has 0 aliphatic rings. The lowest BCUT2D eigenvalue weighted by Gasteiger charge is -2.15. The number of hydrogen-bond acceptors (Lipinski definition) is 2. The minimum Gasteiger partial charge on any atom is -0.302 e. The standard InChI is InChI=1S/C13H25NS/c1-4-7-9-12(6-3)11-14-13(15)10-8-5-2/h6,8,10,12-15H,3-5,7,9,11H2,1-2H3/b10-8+/t12-,13+/m1/s1. The predicted molar refractivity (Wildman–Crippen MR) is 73.4 cm³/mol. The van der Waals surface area contributed by atoms with Gasteiger partial charge in [-0.1, -0.05) is 44.9 Å². The SMILES string of the molecule is C=C[C@H](CCCC)CN[C@@H](S)/C=C/CC. The predicted octanol–water partition coefficient (Wildman–Crippen LogP) is 3.79. The first-order valence-electron chi connectivity index (χ1n) is 5.95. The van der Waals surface area contributed by atoms with Crippen molar-refractivity contribution in [2.45, 2.75) is 44.9 Å². The molecule has 15 heavy (non-hydrogen) atoms. The Morgan fingerprint density at radius 1 is 1.40 bits per heavy atom. The van der Waals surface area contributed by atoms with Crippen LogP contribution in [-0.2, 0) is 0 Å². The first-order valence-corrected chi connectivity index (χ1v) is 6.46. The lowest BCUT2D eigenvalue weighted by molar-refractivity contribution is 0.512. The summed E-state index contributed by atoms with van der Waals surface area (Å²) in [6.45, 7) is 9.20. The number of rotatable bonds is 9. The molecule has 0 rings (SSSR count). The fourth-order valence-electron chi connectivity index (χ4n) is 1.37. The molecule has 0 aromatic heterocycles. The minimum atomic E-state index is 0.175. The summed E-state index contributed by atoms with van der Waals surface area (Å²) in [6.07, 6.45) is 11.1. The van der Waals surface area contributed by atoms with E-state index in [2.05, 4.69) is 50.5 Å². The van der Waals surface area contributed by atoms with Gasteiger partial charge in [-0.3, -0.25) is 0 Å². The molecule has 1 N–H and O–H groups in total. The van der Waals surface area contributed by atoms with Crippen molar-refractivity contribution in [3.05, 3.63) is 24.8 Å². The van der Waals surface area contributed by atoms with E-state index in [1.165, 1.54) is 19.3 Å². The third-order valence-corrected chi connectivity index (χ3v) is 2.76. The molecule has 2 atom stereocenters. The summed E-state index contributed by atoms with van der Waals surface area (Å²) in [5.41, 5.74) is 0. The van der Waals surface area contributed by atoms with Gasteiger partial charge in [-0.2, -0.15) is 12.6 Å². The highest BCUT2D eigenvalue weighted by Gasteiger charge is 2.04. The molecule has 88 valence electrons. The summed E-state index contributed by atoms with van der Waals surface area (Å²) in [5, 5.41) is 3.56. The Bertz CT molecular complexity index is 177. The summed E-state index contributed by atoms with van der Waals surface area (Å²) in [6, 6.07) is 0. The van der Waals surface area contributed by atoms with Crippen molar-refractivity contribution >= 4 is 12.6 Å². The van der Waals surface area contributed by atoms with Gasteiger partial charge in [-0.25, -0.2) is 0 Å². The van der Waals surface area contributed by atoms with Gasteiger partial charge in [-0.15, -0.1) is 6.58 Å². The Kier molecular flexibility index (Phi) is 10.2. The van der Waals surface area contributed by atoms with Gasteiger partial charge in [0.1, 0.15) is 0 Å². The second-order valence-electron chi connectivity index (χ2n) is 3.83. The van der Waals surface area contributed by atoms with E-state index in [0.29, 0.717) is 5.92 Å². The van der Waals surface area contributed by atoms with E-state index in [-0.39, 0.29) is 5.37 Å². The zero-order valence-corrected chi connectivity index (χ0v) is 11.0. The van der Waals surface area contributed by atoms with E-state index >= 15 is 0 Å². The van der Waals surface area contributed by atoms with Gasteiger partial charge < -0.3 is 5.32 Å². The van der Waals surface area contributed by atoms with Crippen LogP contribution in [0.1, 0.15) is 39.5 Å². The Hall–Kier alpha value is -0.210. The van der Waals surface area contributed by atoms with E-state index in [4.69, 9.17) is 0 Å². The number of thiol groups is 1. The Morgan fingerprint density at radius 2 is 2.13 bits per heavy atom. The Labute approximate surface area is 100 Å². The maximum absolute atomic E-state index is 4.44. The molecule has 0 unspecified atom stereocenters. The summed E-state index contributed by atoms with van der Waals surface area (Å²) < 4.78 is 0. The molecule has 0 aliphatic carbocycles. The van der Waals surface area contributed by atoms with Crippen molar-refractivity contribution in [1.29, 1.82) is 0 Å².